The molecule has 0 amide bonds. The van der Waals surface area contributed by atoms with E-state index in [1.807, 2.05) is 0 Å². The highest BCUT2D eigenvalue weighted by molar-refractivity contribution is 6.26. The Kier molecular flexibility index (Phi) is 4.21. The van der Waals surface area contributed by atoms with Gasteiger partial charge in [0, 0.05) is 38.5 Å². The van der Waals surface area contributed by atoms with Gasteiger partial charge in [0.2, 0.25) is 0 Å². The zero-order chi connectivity index (χ0) is 27.4. The lowest BCUT2D eigenvalue weighted by Crippen LogP contribution is -1.95. The molecule has 2 aromatic heterocycles. The molecule has 0 bridgehead atoms. The fourth-order valence-corrected chi connectivity index (χ4v) is 7.57. The van der Waals surface area contributed by atoms with Crippen LogP contribution >= 0.6 is 0 Å². The minimum absolute atomic E-state index is 1.18. The molecule has 2 heterocycles. The van der Waals surface area contributed by atoms with E-state index in [2.05, 4.69) is 155 Å². The molecule has 1 aliphatic carbocycles. The average Bonchev–Trinajstić information content (AvgIpc) is 3.68. The average molecular weight is 533 g/mol. The summed E-state index contributed by atoms with van der Waals surface area (Å²) in [6.07, 6.45) is 0. The van der Waals surface area contributed by atoms with Gasteiger partial charge in [0.05, 0.1) is 22.1 Å². The zero-order valence-electron chi connectivity index (χ0n) is 22.8. The molecule has 42 heavy (non-hydrogen) atoms. The Morgan fingerprint density at radius 2 is 0.976 bits per heavy atom. The van der Waals surface area contributed by atoms with E-state index < -0.39 is 0 Å². The number of nitrogens with zero attached hydrogens (tertiary/aromatic N) is 2. The van der Waals surface area contributed by atoms with Gasteiger partial charge in [-0.2, -0.15) is 0 Å². The lowest BCUT2D eigenvalue weighted by Gasteiger charge is -2.11. The van der Waals surface area contributed by atoms with Crippen LogP contribution in [-0.2, 0) is 0 Å². The highest BCUT2D eigenvalue weighted by Crippen LogP contribution is 2.52. The first-order valence-electron chi connectivity index (χ1n) is 14.5. The number of para-hydroxylation sites is 3. The van der Waals surface area contributed by atoms with Crippen LogP contribution < -0.4 is 0 Å². The van der Waals surface area contributed by atoms with Crippen LogP contribution in [0.2, 0.25) is 0 Å². The number of benzene rings is 7. The molecule has 2 nitrogen and oxygen atoms in total. The van der Waals surface area contributed by atoms with Gasteiger partial charge < -0.3 is 9.13 Å². The molecule has 10 rings (SSSR count). The normalized spacial score (nSPS) is 12.3. The van der Waals surface area contributed by atoms with E-state index in [0.29, 0.717) is 0 Å². The molecule has 1 aliphatic rings. The van der Waals surface area contributed by atoms with E-state index in [-0.39, 0.29) is 0 Å². The summed E-state index contributed by atoms with van der Waals surface area (Å²) in [7, 11) is 0. The smallest absolute Gasteiger partial charge is 0.0547 e. The summed E-state index contributed by atoms with van der Waals surface area (Å²) >= 11 is 0. The molecule has 7 aromatic carbocycles. The van der Waals surface area contributed by atoms with Crippen LogP contribution in [0.5, 0.6) is 0 Å². The van der Waals surface area contributed by atoms with Gasteiger partial charge >= 0.3 is 0 Å². The Bertz CT molecular complexity index is 2560. The van der Waals surface area contributed by atoms with Crippen molar-refractivity contribution in [2.75, 3.05) is 0 Å². The van der Waals surface area contributed by atoms with Crippen molar-refractivity contribution in [2.24, 2.45) is 0 Å². The summed E-state index contributed by atoms with van der Waals surface area (Å²) in [4.78, 5) is 0. The Balaban J connectivity index is 1.31. The van der Waals surface area contributed by atoms with Crippen molar-refractivity contribution >= 4 is 54.4 Å². The van der Waals surface area contributed by atoms with Crippen LogP contribution in [0.3, 0.4) is 0 Å². The van der Waals surface area contributed by atoms with Crippen LogP contribution in [0.1, 0.15) is 0 Å². The number of aromatic nitrogens is 2. The highest BCUT2D eigenvalue weighted by Gasteiger charge is 2.26. The summed E-state index contributed by atoms with van der Waals surface area (Å²) in [6, 6.07) is 53.4. The molecule has 0 unspecified atom stereocenters. The number of fused-ring (bicyclic) bond motifs is 10. The van der Waals surface area contributed by atoms with E-state index in [1.54, 1.807) is 0 Å². The van der Waals surface area contributed by atoms with E-state index in [9.17, 15) is 0 Å². The second-order valence-electron chi connectivity index (χ2n) is 11.3. The maximum absolute atomic E-state index is 2.46. The molecule has 0 fully saturated rings. The van der Waals surface area contributed by atoms with Gasteiger partial charge in [0.25, 0.3) is 0 Å². The molecule has 0 radical (unpaired) electrons. The quantitative estimate of drug-likeness (QED) is 0.210. The predicted octanol–water partition coefficient (Wildman–Crippen LogP) is 10.7. The molecule has 0 N–H and O–H groups in total. The van der Waals surface area contributed by atoms with Gasteiger partial charge in [0.15, 0.2) is 0 Å². The summed E-state index contributed by atoms with van der Waals surface area (Å²) in [5.41, 5.74) is 12.6. The third-order valence-corrected chi connectivity index (χ3v) is 9.23. The Morgan fingerprint density at radius 3 is 1.81 bits per heavy atom. The van der Waals surface area contributed by atoms with Crippen molar-refractivity contribution in [3.8, 4) is 33.6 Å². The predicted molar refractivity (Wildman–Crippen MR) is 177 cm³/mol. The van der Waals surface area contributed by atoms with Gasteiger partial charge in [-0.25, -0.2) is 0 Å². The maximum Gasteiger partial charge on any atom is 0.0547 e. The standard InChI is InChI=1S/C40H24N2/c1-2-12-26(13-3-1)41-34-18-6-4-14-28(34)33-24-27(20-22-36(33)41)42-35-19-7-5-15-31(35)40-37(42)23-21-30-29-16-8-10-25-11-9-17-32(38(25)29)39(30)40/h1-24H. The largest absolute Gasteiger partial charge is 0.309 e. The Hall–Kier alpha value is -5.60. The van der Waals surface area contributed by atoms with Gasteiger partial charge in [-0.1, -0.05) is 97.1 Å². The summed E-state index contributed by atoms with van der Waals surface area (Å²) in [5.74, 6) is 0. The number of hydrogen-bond acceptors (Lipinski definition) is 0. The summed E-state index contributed by atoms with van der Waals surface area (Å²) in [6.45, 7) is 0. The van der Waals surface area contributed by atoms with Crippen LogP contribution in [0.25, 0.3) is 88.0 Å². The van der Waals surface area contributed by atoms with Crippen molar-refractivity contribution < 1.29 is 0 Å². The highest BCUT2D eigenvalue weighted by atomic mass is 15.0. The summed E-state index contributed by atoms with van der Waals surface area (Å²) in [5, 5.41) is 7.82. The third-order valence-electron chi connectivity index (χ3n) is 9.23. The molecule has 0 saturated heterocycles. The number of hydrogen-bond donors (Lipinski definition) is 0. The van der Waals surface area contributed by atoms with E-state index in [1.165, 1.54) is 88.0 Å². The topological polar surface area (TPSA) is 9.86 Å². The molecule has 194 valence electrons. The number of rotatable bonds is 2. The lowest BCUT2D eigenvalue weighted by molar-refractivity contribution is 1.17. The van der Waals surface area contributed by atoms with Crippen LogP contribution in [-0.4, -0.2) is 9.13 Å². The van der Waals surface area contributed by atoms with Crippen molar-refractivity contribution in [1.29, 1.82) is 0 Å². The van der Waals surface area contributed by atoms with Crippen molar-refractivity contribution in [3.63, 3.8) is 0 Å². The van der Waals surface area contributed by atoms with Gasteiger partial charge in [0.1, 0.15) is 0 Å². The van der Waals surface area contributed by atoms with Crippen molar-refractivity contribution in [3.05, 3.63) is 146 Å². The SMILES string of the molecule is c1ccc(-n2c3ccccc3c3cc(-n4c5ccccc5c5c6c(ccc54)-c4cccc5cccc-6c45)ccc32)cc1. The van der Waals surface area contributed by atoms with Crippen molar-refractivity contribution in [2.45, 2.75) is 0 Å². The van der Waals surface area contributed by atoms with E-state index in [0.717, 1.165) is 0 Å². The fourth-order valence-electron chi connectivity index (χ4n) is 7.57. The Morgan fingerprint density at radius 1 is 0.333 bits per heavy atom. The molecular weight excluding hydrogens is 508 g/mol. The molecule has 2 heteroatoms. The maximum atomic E-state index is 2.46. The van der Waals surface area contributed by atoms with Crippen LogP contribution in [0, 0.1) is 0 Å². The first-order chi connectivity index (χ1) is 20.9. The van der Waals surface area contributed by atoms with Crippen LogP contribution in [0.4, 0.5) is 0 Å². The van der Waals surface area contributed by atoms with Gasteiger partial charge in [-0.3, -0.25) is 0 Å². The van der Waals surface area contributed by atoms with Crippen molar-refractivity contribution in [1.82, 2.24) is 9.13 Å². The van der Waals surface area contributed by atoms with Gasteiger partial charge in [-0.15, -0.1) is 0 Å². The molecule has 9 aromatic rings. The van der Waals surface area contributed by atoms with Crippen LogP contribution in [0.15, 0.2) is 146 Å². The van der Waals surface area contributed by atoms with E-state index in [4.69, 9.17) is 0 Å². The molecule has 0 aliphatic heterocycles. The third kappa shape index (κ3) is 2.74. The zero-order valence-corrected chi connectivity index (χ0v) is 22.8. The monoisotopic (exact) mass is 532 g/mol. The molecule has 0 spiro atoms. The fraction of sp³-hybridized carbons (Fsp3) is 0. The second kappa shape index (κ2) is 7.99. The first-order valence-corrected chi connectivity index (χ1v) is 14.5. The van der Waals surface area contributed by atoms with E-state index >= 15 is 0 Å². The lowest BCUT2D eigenvalue weighted by atomic mass is 9.98. The minimum Gasteiger partial charge on any atom is -0.309 e. The first kappa shape index (κ1) is 22.1. The Labute approximate surface area is 242 Å². The molecule has 0 saturated carbocycles. The second-order valence-corrected chi connectivity index (χ2v) is 11.3. The molecular formula is C40H24N2. The molecule has 0 atom stereocenters. The minimum atomic E-state index is 1.18. The van der Waals surface area contributed by atoms with Gasteiger partial charge in [-0.05, 0) is 76.0 Å². The summed E-state index contributed by atoms with van der Waals surface area (Å²) < 4.78 is 4.84.